The average molecular weight is 412 g/mol. The maximum absolute atomic E-state index is 11.1. The Kier molecular flexibility index (Phi) is 6.53. The van der Waals surface area contributed by atoms with Gasteiger partial charge in [0.05, 0.1) is 23.2 Å². The summed E-state index contributed by atoms with van der Waals surface area (Å²) in [4.78, 5) is 20.0. The molecule has 0 radical (unpaired) electrons. The van der Waals surface area contributed by atoms with Gasteiger partial charge in [0.1, 0.15) is 17.9 Å². The fourth-order valence-corrected chi connectivity index (χ4v) is 2.83. The first-order valence-corrected chi connectivity index (χ1v) is 9.54. The first-order chi connectivity index (χ1) is 14.5. The molecule has 30 heavy (non-hydrogen) atoms. The molecule has 0 atom stereocenters. The Labute approximate surface area is 173 Å². The zero-order chi connectivity index (χ0) is 21.7. The third kappa shape index (κ3) is 4.36. The van der Waals surface area contributed by atoms with Crippen molar-refractivity contribution < 1.29 is 23.8 Å². The molecule has 0 aliphatic carbocycles. The van der Waals surface area contributed by atoms with Gasteiger partial charge in [-0.15, -0.1) is 0 Å². The van der Waals surface area contributed by atoms with Gasteiger partial charge in [0, 0.05) is 20.2 Å². The molecular weight excluding hydrogens is 388 g/mol. The Bertz CT molecular complexity index is 1170. The van der Waals surface area contributed by atoms with Crippen LogP contribution in [0.4, 0.5) is 12.0 Å². The number of aryl methyl sites for hydroxylation is 1. The van der Waals surface area contributed by atoms with E-state index in [1.165, 1.54) is 6.07 Å². The number of aromatic carboxylic acids is 1. The monoisotopic (exact) mass is 412 g/mol. The van der Waals surface area contributed by atoms with Crippen molar-refractivity contribution in [2.24, 2.45) is 7.05 Å². The normalized spacial score (nSPS) is 10.7. The number of carbonyl (C=O) groups is 1. The van der Waals surface area contributed by atoms with Gasteiger partial charge in [-0.05, 0) is 30.3 Å². The van der Waals surface area contributed by atoms with Crippen LogP contribution in [0, 0.1) is 0 Å². The second-order valence-electron chi connectivity index (χ2n) is 6.12. The number of ether oxygens (including phenoxy) is 2. The molecule has 4 rings (SSSR count). The molecule has 0 aliphatic heterocycles. The second kappa shape index (κ2) is 9.27. The van der Waals surface area contributed by atoms with E-state index in [1.54, 1.807) is 35.9 Å². The number of hydrogen-bond acceptors (Lipinski definition) is 7. The van der Waals surface area contributed by atoms with E-state index in [-0.39, 0.29) is 11.6 Å². The number of imidazole rings is 1. The molecule has 0 unspecified atom stereocenters. The lowest BCUT2D eigenvalue weighted by Gasteiger charge is -2.04. The molecule has 2 heterocycles. The Hall–Kier alpha value is -3.59. The van der Waals surface area contributed by atoms with E-state index in [0.717, 1.165) is 5.52 Å². The number of anilines is 2. The van der Waals surface area contributed by atoms with Gasteiger partial charge in [-0.1, -0.05) is 13.8 Å². The number of oxazole rings is 1. The molecule has 158 valence electrons. The number of fused-ring (bicyclic) bond motifs is 2. The quantitative estimate of drug-likeness (QED) is 0.434. The number of nitrogens with one attached hydrogen (secondary N) is 1. The number of carboxylic acids is 1. The van der Waals surface area contributed by atoms with Crippen LogP contribution in [0.3, 0.4) is 0 Å². The molecule has 9 nitrogen and oxygen atoms in total. The van der Waals surface area contributed by atoms with Crippen LogP contribution < -0.4 is 10.1 Å². The third-order valence-electron chi connectivity index (χ3n) is 4.26. The first-order valence-electron chi connectivity index (χ1n) is 9.54. The van der Waals surface area contributed by atoms with Crippen molar-refractivity contribution in [1.82, 2.24) is 14.5 Å². The fraction of sp³-hybridized carbons (Fsp3) is 0.286. The lowest BCUT2D eigenvalue weighted by molar-refractivity contribution is 0.0697. The smallest absolute Gasteiger partial charge is 0.335 e. The van der Waals surface area contributed by atoms with Gasteiger partial charge in [-0.2, -0.15) is 4.98 Å². The Morgan fingerprint density at radius 1 is 1.13 bits per heavy atom. The molecule has 0 aliphatic rings. The third-order valence-corrected chi connectivity index (χ3v) is 4.26. The molecular formula is C21H24N4O5. The van der Waals surface area contributed by atoms with E-state index >= 15 is 0 Å². The van der Waals surface area contributed by atoms with Gasteiger partial charge in [0.2, 0.25) is 5.95 Å². The summed E-state index contributed by atoms with van der Waals surface area (Å²) in [6, 6.07) is 10.4. The summed E-state index contributed by atoms with van der Waals surface area (Å²) in [7, 11) is 3.44. The van der Waals surface area contributed by atoms with Crippen molar-refractivity contribution in [3.8, 4) is 5.75 Å². The Morgan fingerprint density at radius 2 is 1.93 bits per heavy atom. The summed E-state index contributed by atoms with van der Waals surface area (Å²) in [6.45, 7) is 4.94. The summed E-state index contributed by atoms with van der Waals surface area (Å²) in [5, 5.41) is 12.2. The highest BCUT2D eigenvalue weighted by Crippen LogP contribution is 2.27. The van der Waals surface area contributed by atoms with Gasteiger partial charge < -0.3 is 23.6 Å². The van der Waals surface area contributed by atoms with E-state index in [4.69, 9.17) is 19.0 Å². The number of rotatable bonds is 7. The first kappa shape index (κ1) is 21.1. The topological polar surface area (TPSA) is 112 Å². The summed E-state index contributed by atoms with van der Waals surface area (Å²) in [6.07, 6.45) is 0. The highest BCUT2D eigenvalue weighted by atomic mass is 16.5. The number of carboxylic acid groups (broad SMARTS) is 1. The van der Waals surface area contributed by atoms with Crippen molar-refractivity contribution in [3.63, 3.8) is 0 Å². The molecule has 4 aromatic rings. The van der Waals surface area contributed by atoms with E-state index in [1.807, 2.05) is 27.0 Å². The van der Waals surface area contributed by atoms with E-state index in [0.29, 0.717) is 41.5 Å². The largest absolute Gasteiger partial charge is 0.491 e. The van der Waals surface area contributed by atoms with Crippen LogP contribution in [-0.2, 0) is 11.8 Å². The minimum absolute atomic E-state index is 0.181. The molecule has 2 N–H and O–H groups in total. The van der Waals surface area contributed by atoms with Crippen molar-refractivity contribution in [1.29, 1.82) is 0 Å². The maximum atomic E-state index is 11.1. The molecule has 0 fully saturated rings. The number of hydrogen-bond donors (Lipinski definition) is 2. The van der Waals surface area contributed by atoms with Crippen molar-refractivity contribution >= 4 is 40.1 Å². The molecule has 9 heteroatoms. The van der Waals surface area contributed by atoms with Crippen LogP contribution in [-0.4, -0.2) is 45.9 Å². The zero-order valence-electron chi connectivity index (χ0n) is 17.3. The standard InChI is InChI=1S/C19H18N4O5.C2H6/c1-23-15-6-3-11(17(24)25)9-14(15)20-18(23)22-19-21-13-5-4-12(10-16(13)28-19)27-8-7-26-2;1-2/h3-6,9-10H,7-8H2,1-2H3,(H,24,25)(H,20,21,22);1-2H3. The van der Waals surface area contributed by atoms with Gasteiger partial charge >= 0.3 is 12.0 Å². The Morgan fingerprint density at radius 3 is 2.67 bits per heavy atom. The number of nitrogens with zero attached hydrogens (tertiary/aromatic N) is 3. The van der Waals surface area contributed by atoms with Crippen LogP contribution >= 0.6 is 0 Å². The second-order valence-corrected chi connectivity index (χ2v) is 6.12. The lowest BCUT2D eigenvalue weighted by atomic mass is 10.2. The number of benzene rings is 2. The highest BCUT2D eigenvalue weighted by molar-refractivity contribution is 5.93. The summed E-state index contributed by atoms with van der Waals surface area (Å²) < 4.78 is 18.1. The average Bonchev–Trinajstić information content (AvgIpc) is 3.29. The van der Waals surface area contributed by atoms with Crippen LogP contribution in [0.1, 0.15) is 24.2 Å². The minimum Gasteiger partial charge on any atom is -0.491 e. The molecule has 0 bridgehead atoms. The molecule has 0 saturated heterocycles. The summed E-state index contributed by atoms with van der Waals surface area (Å²) >= 11 is 0. The van der Waals surface area contributed by atoms with E-state index in [2.05, 4.69) is 15.3 Å². The van der Waals surface area contributed by atoms with Crippen LogP contribution in [0.5, 0.6) is 5.75 Å². The zero-order valence-corrected chi connectivity index (χ0v) is 17.3. The van der Waals surface area contributed by atoms with Crippen LogP contribution in [0.2, 0.25) is 0 Å². The van der Waals surface area contributed by atoms with Crippen LogP contribution in [0.15, 0.2) is 40.8 Å². The predicted octanol–water partition coefficient (Wildman–Crippen LogP) is 4.21. The number of aromatic nitrogens is 3. The predicted molar refractivity (Wildman–Crippen MR) is 114 cm³/mol. The Balaban J connectivity index is 0.00000124. The van der Waals surface area contributed by atoms with Crippen molar-refractivity contribution in [2.45, 2.75) is 13.8 Å². The van der Waals surface area contributed by atoms with Gasteiger partial charge in [-0.3, -0.25) is 5.32 Å². The molecule has 2 aromatic carbocycles. The maximum Gasteiger partial charge on any atom is 0.335 e. The molecule has 0 saturated carbocycles. The lowest BCUT2D eigenvalue weighted by Crippen LogP contribution is -2.03. The molecule has 2 aromatic heterocycles. The van der Waals surface area contributed by atoms with E-state index < -0.39 is 5.97 Å². The molecule has 0 amide bonds. The summed E-state index contributed by atoms with van der Waals surface area (Å²) in [5.41, 5.74) is 2.78. The number of methoxy groups -OCH3 is 1. The van der Waals surface area contributed by atoms with Crippen LogP contribution in [0.25, 0.3) is 22.1 Å². The SMILES string of the molecule is CC.COCCOc1ccc2nc(Nc3nc4cc(C(=O)O)ccc4n3C)oc2c1. The molecule has 0 spiro atoms. The summed E-state index contributed by atoms with van der Waals surface area (Å²) in [5.74, 6) is 0.154. The van der Waals surface area contributed by atoms with Gasteiger partial charge in [0.25, 0.3) is 0 Å². The fourth-order valence-electron chi connectivity index (χ4n) is 2.83. The minimum atomic E-state index is -0.996. The van der Waals surface area contributed by atoms with Crippen molar-refractivity contribution in [2.75, 3.05) is 25.6 Å². The van der Waals surface area contributed by atoms with Gasteiger partial charge in [0.15, 0.2) is 5.58 Å². The van der Waals surface area contributed by atoms with Crippen molar-refractivity contribution in [3.05, 3.63) is 42.0 Å². The van der Waals surface area contributed by atoms with Gasteiger partial charge in [-0.25, -0.2) is 9.78 Å². The van der Waals surface area contributed by atoms with E-state index in [9.17, 15) is 4.79 Å². The highest BCUT2D eigenvalue weighted by Gasteiger charge is 2.14.